The van der Waals surface area contributed by atoms with Crippen LogP contribution in [0, 0.1) is 0 Å². The van der Waals surface area contributed by atoms with Gasteiger partial charge in [0.05, 0.1) is 0 Å². The molecule has 1 aromatic rings. The van der Waals surface area contributed by atoms with E-state index in [9.17, 15) is 4.79 Å². The van der Waals surface area contributed by atoms with Gasteiger partial charge in [0.25, 0.3) is 0 Å². The Labute approximate surface area is 120 Å². The second-order valence-corrected chi connectivity index (χ2v) is 5.04. The van der Waals surface area contributed by atoms with Crippen LogP contribution in [0.4, 0.5) is 4.79 Å². The minimum atomic E-state index is -0.217. The minimum Gasteiger partial charge on any atom is -0.445 e. The Morgan fingerprint density at radius 3 is 2.65 bits per heavy atom. The van der Waals surface area contributed by atoms with Gasteiger partial charge in [-0.3, -0.25) is 0 Å². The van der Waals surface area contributed by atoms with Crippen LogP contribution in [0.3, 0.4) is 0 Å². The number of amides is 1. The van der Waals surface area contributed by atoms with Gasteiger partial charge < -0.3 is 20.7 Å². The van der Waals surface area contributed by atoms with Crippen LogP contribution in [0.1, 0.15) is 18.4 Å². The highest BCUT2D eigenvalue weighted by atomic mass is 16.6. The summed E-state index contributed by atoms with van der Waals surface area (Å²) < 4.78 is 5.33. The third-order valence-corrected chi connectivity index (χ3v) is 3.54. The summed E-state index contributed by atoms with van der Waals surface area (Å²) in [5, 5.41) is 3.38. The van der Waals surface area contributed by atoms with E-state index in [2.05, 4.69) is 5.32 Å². The Morgan fingerprint density at radius 2 is 2.00 bits per heavy atom. The zero-order valence-corrected chi connectivity index (χ0v) is 11.8. The van der Waals surface area contributed by atoms with E-state index in [-0.39, 0.29) is 6.09 Å². The summed E-state index contributed by atoms with van der Waals surface area (Å²) in [6.07, 6.45) is 1.70. The Kier molecular flexibility index (Phi) is 5.83. The maximum Gasteiger partial charge on any atom is 0.410 e. The Bertz CT molecular complexity index is 403. The van der Waals surface area contributed by atoms with Crippen LogP contribution in [0.15, 0.2) is 30.3 Å². The highest BCUT2D eigenvalue weighted by Crippen LogP contribution is 2.12. The van der Waals surface area contributed by atoms with Crippen molar-refractivity contribution in [3.05, 3.63) is 35.9 Å². The largest absolute Gasteiger partial charge is 0.445 e. The van der Waals surface area contributed by atoms with Crippen molar-refractivity contribution in [3.8, 4) is 0 Å². The molecule has 20 heavy (non-hydrogen) atoms. The van der Waals surface area contributed by atoms with Gasteiger partial charge in [-0.1, -0.05) is 30.3 Å². The molecule has 0 aliphatic carbocycles. The molecule has 110 valence electrons. The maximum atomic E-state index is 12.0. The molecule has 0 radical (unpaired) electrons. The summed E-state index contributed by atoms with van der Waals surface area (Å²) in [6, 6.07) is 10.2. The lowest BCUT2D eigenvalue weighted by atomic mass is 10.1. The molecule has 0 aromatic heterocycles. The number of nitrogens with one attached hydrogen (secondary N) is 1. The van der Waals surface area contributed by atoms with E-state index in [0.717, 1.165) is 38.0 Å². The first kappa shape index (κ1) is 14.8. The molecule has 0 unspecified atom stereocenters. The van der Waals surface area contributed by atoms with Gasteiger partial charge in [-0.25, -0.2) is 4.79 Å². The van der Waals surface area contributed by atoms with Crippen LogP contribution in [0.2, 0.25) is 0 Å². The predicted octanol–water partition coefficient (Wildman–Crippen LogP) is 1.34. The van der Waals surface area contributed by atoms with Gasteiger partial charge in [-0.05, 0) is 18.4 Å². The molecule has 1 saturated heterocycles. The number of ether oxygens (including phenoxy) is 1. The van der Waals surface area contributed by atoms with E-state index in [1.165, 1.54) is 0 Å². The summed E-state index contributed by atoms with van der Waals surface area (Å²) in [4.78, 5) is 13.7. The van der Waals surface area contributed by atoms with E-state index >= 15 is 0 Å². The molecule has 1 heterocycles. The van der Waals surface area contributed by atoms with Gasteiger partial charge >= 0.3 is 6.09 Å². The summed E-state index contributed by atoms with van der Waals surface area (Å²) >= 11 is 0. The first-order valence-corrected chi connectivity index (χ1v) is 7.18. The van der Waals surface area contributed by atoms with Crippen LogP contribution >= 0.6 is 0 Å². The molecule has 1 fully saturated rings. The SMILES string of the molecule is NCCNC1CCN(C(=O)OCc2ccccc2)CC1. The number of hydrogen-bond donors (Lipinski definition) is 2. The second-order valence-electron chi connectivity index (χ2n) is 5.04. The van der Waals surface area contributed by atoms with Gasteiger partial charge in [-0.15, -0.1) is 0 Å². The standard InChI is InChI=1S/C15H23N3O2/c16-8-9-17-14-6-10-18(11-7-14)15(19)20-12-13-4-2-1-3-5-13/h1-5,14,17H,6-12,16H2. The third kappa shape index (κ3) is 4.51. The Balaban J connectivity index is 1.69. The third-order valence-electron chi connectivity index (χ3n) is 3.54. The highest BCUT2D eigenvalue weighted by molar-refractivity contribution is 5.67. The number of likely N-dealkylation sites (tertiary alicyclic amines) is 1. The normalized spacial score (nSPS) is 16.1. The molecule has 1 amide bonds. The molecule has 5 heteroatoms. The zero-order chi connectivity index (χ0) is 14.2. The minimum absolute atomic E-state index is 0.217. The second kappa shape index (κ2) is 7.87. The van der Waals surface area contributed by atoms with Crippen molar-refractivity contribution in [2.75, 3.05) is 26.2 Å². The average Bonchev–Trinajstić information content (AvgIpc) is 2.52. The van der Waals surface area contributed by atoms with Crippen molar-refractivity contribution in [1.29, 1.82) is 0 Å². The topological polar surface area (TPSA) is 67.6 Å². The molecule has 0 saturated carbocycles. The lowest BCUT2D eigenvalue weighted by molar-refractivity contribution is 0.0854. The number of rotatable bonds is 5. The summed E-state index contributed by atoms with van der Waals surface area (Å²) in [6.45, 7) is 3.32. The number of nitrogens with two attached hydrogens (primary N) is 1. The number of carbonyl (C=O) groups excluding carboxylic acids is 1. The van der Waals surface area contributed by atoms with Gasteiger partial charge in [0.2, 0.25) is 0 Å². The molecule has 0 atom stereocenters. The van der Waals surface area contributed by atoms with E-state index in [1.54, 1.807) is 4.90 Å². The molecule has 1 aromatic carbocycles. The number of benzene rings is 1. The van der Waals surface area contributed by atoms with Crippen molar-refractivity contribution in [2.45, 2.75) is 25.5 Å². The zero-order valence-electron chi connectivity index (χ0n) is 11.8. The quantitative estimate of drug-likeness (QED) is 0.852. The fourth-order valence-electron chi connectivity index (χ4n) is 2.36. The van der Waals surface area contributed by atoms with Crippen molar-refractivity contribution in [3.63, 3.8) is 0 Å². The number of nitrogens with zero attached hydrogens (tertiary/aromatic N) is 1. The van der Waals surface area contributed by atoms with E-state index in [1.807, 2.05) is 30.3 Å². The van der Waals surface area contributed by atoms with Crippen LogP contribution in [0.5, 0.6) is 0 Å². The average molecular weight is 277 g/mol. The summed E-state index contributed by atoms with van der Waals surface area (Å²) in [5.41, 5.74) is 6.48. The van der Waals surface area contributed by atoms with Gasteiger partial charge in [0.15, 0.2) is 0 Å². The van der Waals surface area contributed by atoms with E-state index in [0.29, 0.717) is 19.2 Å². The molecule has 3 N–H and O–H groups in total. The first-order valence-electron chi connectivity index (χ1n) is 7.18. The van der Waals surface area contributed by atoms with Crippen molar-refractivity contribution < 1.29 is 9.53 Å². The van der Waals surface area contributed by atoms with Crippen molar-refractivity contribution >= 4 is 6.09 Å². The van der Waals surface area contributed by atoms with Crippen molar-refractivity contribution in [2.24, 2.45) is 5.73 Å². The van der Waals surface area contributed by atoms with Crippen LogP contribution in [0.25, 0.3) is 0 Å². The van der Waals surface area contributed by atoms with Crippen LogP contribution in [-0.4, -0.2) is 43.2 Å². The molecule has 2 rings (SSSR count). The van der Waals surface area contributed by atoms with Gasteiger partial charge in [-0.2, -0.15) is 0 Å². The van der Waals surface area contributed by atoms with Crippen LogP contribution < -0.4 is 11.1 Å². The number of piperidine rings is 1. The fraction of sp³-hybridized carbons (Fsp3) is 0.533. The maximum absolute atomic E-state index is 12.0. The number of hydrogen-bond acceptors (Lipinski definition) is 4. The molecule has 0 bridgehead atoms. The van der Waals surface area contributed by atoms with Gasteiger partial charge in [0, 0.05) is 32.2 Å². The Morgan fingerprint density at radius 1 is 1.30 bits per heavy atom. The highest BCUT2D eigenvalue weighted by Gasteiger charge is 2.23. The Hall–Kier alpha value is -1.59. The molecule has 0 spiro atoms. The summed E-state index contributed by atoms with van der Waals surface area (Å²) in [7, 11) is 0. The monoisotopic (exact) mass is 277 g/mol. The molecule has 5 nitrogen and oxygen atoms in total. The molecular weight excluding hydrogens is 254 g/mol. The van der Waals surface area contributed by atoms with E-state index < -0.39 is 0 Å². The fourth-order valence-corrected chi connectivity index (χ4v) is 2.36. The molecule has 1 aliphatic heterocycles. The smallest absolute Gasteiger partial charge is 0.410 e. The lowest BCUT2D eigenvalue weighted by Crippen LogP contribution is -2.46. The number of carbonyl (C=O) groups is 1. The molecule has 1 aliphatic rings. The molecular formula is C15H23N3O2. The van der Waals surface area contributed by atoms with Gasteiger partial charge in [0.1, 0.15) is 6.61 Å². The lowest BCUT2D eigenvalue weighted by Gasteiger charge is -2.31. The van der Waals surface area contributed by atoms with Crippen LogP contribution in [-0.2, 0) is 11.3 Å². The van der Waals surface area contributed by atoms with E-state index in [4.69, 9.17) is 10.5 Å². The summed E-state index contributed by atoms with van der Waals surface area (Å²) in [5.74, 6) is 0. The first-order chi connectivity index (χ1) is 9.79. The van der Waals surface area contributed by atoms with Crippen molar-refractivity contribution in [1.82, 2.24) is 10.2 Å². The predicted molar refractivity (Wildman–Crippen MR) is 78.3 cm³/mol.